The fourth-order valence-corrected chi connectivity index (χ4v) is 3.33. The number of pyridine rings is 1. The zero-order valence-corrected chi connectivity index (χ0v) is 14.5. The van der Waals surface area contributed by atoms with Crippen molar-refractivity contribution in [2.75, 3.05) is 13.7 Å². The van der Waals surface area contributed by atoms with E-state index in [1.807, 2.05) is 36.1 Å². The van der Waals surface area contributed by atoms with Crippen molar-refractivity contribution in [2.45, 2.75) is 25.4 Å². The number of nitrogens with zero attached hydrogens (tertiary/aromatic N) is 2. The zero-order chi connectivity index (χ0) is 17.1. The maximum atomic E-state index is 11.5. The average Bonchev–Trinajstić information content (AvgIpc) is 3.16. The number of thiocarbonyl (C=S) groups is 1. The average molecular weight is 344 g/mol. The minimum Gasteiger partial charge on any atom is -0.469 e. The number of carbonyl (C=O) groups excluding carboxylic acids is 1. The number of H-pyrrole nitrogens is 1. The van der Waals surface area contributed by atoms with Gasteiger partial charge in [-0.15, -0.1) is 0 Å². The molecule has 3 heterocycles. The molecule has 2 N–H and O–H groups in total. The van der Waals surface area contributed by atoms with Gasteiger partial charge in [0.2, 0.25) is 0 Å². The minimum absolute atomic E-state index is 0.0502. The lowest BCUT2D eigenvalue weighted by Gasteiger charge is -2.26. The highest BCUT2D eigenvalue weighted by atomic mass is 32.1. The molecule has 0 aliphatic carbocycles. The molecule has 1 saturated heterocycles. The Labute approximate surface area is 146 Å². The molecule has 3 rings (SSSR count). The van der Waals surface area contributed by atoms with Crippen molar-refractivity contribution >= 4 is 23.3 Å². The van der Waals surface area contributed by atoms with Gasteiger partial charge in [-0.2, -0.15) is 0 Å². The standard InChI is InChI=1S/C17H20N4O2S/c1-11-6-7-13(19-11)16-15(12-5-3-4-9-18-12)20-17(24)21(16)10-8-14(22)23-2/h3-7,9,15-16,19H,8,10H2,1-2H3,(H,20,24)/t15-,16+/m0/s1. The van der Waals surface area contributed by atoms with Gasteiger partial charge in [0.15, 0.2) is 5.11 Å². The molecular formula is C17H20N4O2S. The van der Waals surface area contributed by atoms with Crippen molar-refractivity contribution in [3.05, 3.63) is 53.6 Å². The van der Waals surface area contributed by atoms with Crippen LogP contribution < -0.4 is 5.32 Å². The van der Waals surface area contributed by atoms with Gasteiger partial charge in [0.05, 0.1) is 31.3 Å². The summed E-state index contributed by atoms with van der Waals surface area (Å²) in [5.74, 6) is -0.250. The van der Waals surface area contributed by atoms with E-state index in [1.54, 1.807) is 6.20 Å². The van der Waals surface area contributed by atoms with Crippen LogP contribution in [0.25, 0.3) is 0 Å². The maximum Gasteiger partial charge on any atom is 0.307 e. The molecule has 0 spiro atoms. The van der Waals surface area contributed by atoms with E-state index < -0.39 is 0 Å². The number of aromatic amines is 1. The molecule has 0 amide bonds. The molecule has 0 bridgehead atoms. The Balaban J connectivity index is 1.92. The third-order valence-corrected chi connectivity index (χ3v) is 4.51. The van der Waals surface area contributed by atoms with Crippen molar-refractivity contribution in [3.63, 3.8) is 0 Å². The molecule has 0 radical (unpaired) electrons. The normalized spacial score (nSPS) is 20.1. The second-order valence-corrected chi connectivity index (χ2v) is 6.13. The number of hydrogen-bond acceptors (Lipinski definition) is 4. The smallest absolute Gasteiger partial charge is 0.307 e. The summed E-state index contributed by atoms with van der Waals surface area (Å²) < 4.78 is 4.75. The quantitative estimate of drug-likeness (QED) is 0.640. The number of esters is 1. The van der Waals surface area contributed by atoms with Crippen LogP contribution in [0.5, 0.6) is 0 Å². The molecule has 2 aromatic rings. The largest absolute Gasteiger partial charge is 0.469 e. The molecule has 0 aromatic carbocycles. The molecule has 24 heavy (non-hydrogen) atoms. The van der Waals surface area contributed by atoms with Crippen molar-refractivity contribution in [1.29, 1.82) is 0 Å². The number of methoxy groups -OCH3 is 1. The second kappa shape index (κ2) is 7.00. The highest BCUT2D eigenvalue weighted by molar-refractivity contribution is 7.80. The molecule has 2 atom stereocenters. The molecule has 7 heteroatoms. The van der Waals surface area contributed by atoms with E-state index in [4.69, 9.17) is 17.0 Å². The molecular weight excluding hydrogens is 324 g/mol. The summed E-state index contributed by atoms with van der Waals surface area (Å²) in [5.41, 5.74) is 3.04. The van der Waals surface area contributed by atoms with E-state index in [-0.39, 0.29) is 24.5 Å². The van der Waals surface area contributed by atoms with Crippen molar-refractivity contribution in [3.8, 4) is 0 Å². The van der Waals surface area contributed by atoms with Crippen molar-refractivity contribution in [2.24, 2.45) is 0 Å². The Kier molecular flexibility index (Phi) is 4.80. The second-order valence-electron chi connectivity index (χ2n) is 5.74. The fourth-order valence-electron chi connectivity index (χ4n) is 3.00. The fraction of sp³-hybridized carbons (Fsp3) is 0.353. The Morgan fingerprint density at radius 2 is 2.21 bits per heavy atom. The lowest BCUT2D eigenvalue weighted by molar-refractivity contribution is -0.140. The zero-order valence-electron chi connectivity index (χ0n) is 13.7. The predicted molar refractivity (Wildman–Crippen MR) is 94.3 cm³/mol. The Morgan fingerprint density at radius 3 is 2.83 bits per heavy atom. The first-order valence-electron chi connectivity index (χ1n) is 7.80. The molecule has 0 saturated carbocycles. The van der Waals surface area contributed by atoms with Gasteiger partial charge in [0, 0.05) is 24.1 Å². The molecule has 126 valence electrons. The van der Waals surface area contributed by atoms with E-state index >= 15 is 0 Å². The van der Waals surface area contributed by atoms with E-state index in [0.717, 1.165) is 17.1 Å². The third kappa shape index (κ3) is 3.26. The topological polar surface area (TPSA) is 70.2 Å². The Morgan fingerprint density at radius 1 is 1.38 bits per heavy atom. The van der Waals surface area contributed by atoms with Crippen LogP contribution in [0.4, 0.5) is 0 Å². The van der Waals surface area contributed by atoms with Gasteiger partial charge in [0.1, 0.15) is 0 Å². The van der Waals surface area contributed by atoms with E-state index in [1.165, 1.54) is 7.11 Å². The summed E-state index contributed by atoms with van der Waals surface area (Å²) in [6, 6.07) is 9.79. The van der Waals surface area contributed by atoms with Crippen LogP contribution in [-0.2, 0) is 9.53 Å². The molecule has 6 nitrogen and oxygen atoms in total. The third-order valence-electron chi connectivity index (χ3n) is 4.16. The summed E-state index contributed by atoms with van der Waals surface area (Å²) in [6.45, 7) is 2.50. The summed E-state index contributed by atoms with van der Waals surface area (Å²) in [7, 11) is 1.39. The monoisotopic (exact) mass is 344 g/mol. The summed E-state index contributed by atoms with van der Waals surface area (Å²) >= 11 is 5.51. The first-order valence-corrected chi connectivity index (χ1v) is 8.21. The Hall–Kier alpha value is -2.41. The van der Waals surface area contributed by atoms with Crippen LogP contribution in [0.15, 0.2) is 36.5 Å². The number of rotatable bonds is 5. The summed E-state index contributed by atoms with van der Waals surface area (Å²) in [6.07, 6.45) is 2.05. The minimum atomic E-state index is -0.250. The van der Waals surface area contributed by atoms with Gasteiger partial charge in [-0.1, -0.05) is 6.07 Å². The highest BCUT2D eigenvalue weighted by Crippen LogP contribution is 2.37. The number of aromatic nitrogens is 2. The summed E-state index contributed by atoms with van der Waals surface area (Å²) in [5, 5.41) is 3.96. The molecule has 1 aliphatic rings. The molecule has 0 unspecified atom stereocenters. The van der Waals surface area contributed by atoms with Crippen molar-refractivity contribution < 1.29 is 9.53 Å². The van der Waals surface area contributed by atoms with Crippen LogP contribution in [0.1, 0.15) is 35.6 Å². The van der Waals surface area contributed by atoms with Gasteiger partial charge in [-0.3, -0.25) is 9.78 Å². The van der Waals surface area contributed by atoms with Gasteiger partial charge >= 0.3 is 5.97 Å². The molecule has 2 aromatic heterocycles. The number of nitrogens with one attached hydrogen (secondary N) is 2. The van der Waals surface area contributed by atoms with E-state index in [0.29, 0.717) is 11.7 Å². The number of carbonyl (C=O) groups is 1. The number of hydrogen-bond donors (Lipinski definition) is 2. The molecule has 1 fully saturated rings. The van der Waals surface area contributed by atoms with Gasteiger partial charge in [-0.05, 0) is 43.4 Å². The van der Waals surface area contributed by atoms with Gasteiger partial charge in [0.25, 0.3) is 0 Å². The van der Waals surface area contributed by atoms with Crippen LogP contribution in [0, 0.1) is 6.92 Å². The van der Waals surface area contributed by atoms with Crippen LogP contribution in [0.2, 0.25) is 0 Å². The van der Waals surface area contributed by atoms with E-state index in [9.17, 15) is 4.79 Å². The van der Waals surface area contributed by atoms with Gasteiger partial charge < -0.3 is 19.9 Å². The maximum absolute atomic E-state index is 11.5. The van der Waals surface area contributed by atoms with Crippen LogP contribution in [-0.4, -0.2) is 39.6 Å². The SMILES string of the molecule is COC(=O)CCN1C(=S)N[C@@H](c2ccccn2)[C@H]1c1ccc(C)[nH]1. The first kappa shape index (κ1) is 16.4. The number of ether oxygens (including phenoxy) is 1. The first-order chi connectivity index (χ1) is 11.6. The molecule has 1 aliphatic heterocycles. The Bertz CT molecular complexity index is 731. The van der Waals surface area contributed by atoms with Crippen molar-refractivity contribution in [1.82, 2.24) is 20.2 Å². The predicted octanol–water partition coefficient (Wildman–Crippen LogP) is 2.25. The number of aryl methyl sites for hydroxylation is 1. The lowest BCUT2D eigenvalue weighted by atomic mass is 10.0. The summed E-state index contributed by atoms with van der Waals surface area (Å²) in [4.78, 5) is 21.4. The van der Waals surface area contributed by atoms with Gasteiger partial charge in [-0.25, -0.2) is 0 Å². The van der Waals surface area contributed by atoms with Crippen LogP contribution in [0.3, 0.4) is 0 Å². The lowest BCUT2D eigenvalue weighted by Crippen LogP contribution is -2.32. The van der Waals surface area contributed by atoms with Crippen LogP contribution >= 0.6 is 12.2 Å². The van der Waals surface area contributed by atoms with E-state index in [2.05, 4.69) is 21.4 Å². The highest BCUT2D eigenvalue weighted by Gasteiger charge is 2.40.